The molecule has 1 N–H and O–H groups in total. The van der Waals surface area contributed by atoms with Crippen LogP contribution in [0.5, 0.6) is 5.75 Å². The van der Waals surface area contributed by atoms with Gasteiger partial charge in [0.25, 0.3) is 0 Å². The molecule has 120 valence electrons. The second-order valence-corrected chi connectivity index (χ2v) is 5.45. The number of benzene rings is 2. The third-order valence-electron chi connectivity index (χ3n) is 3.61. The maximum Gasteiger partial charge on any atom is 0.417 e. The van der Waals surface area contributed by atoms with Crippen LogP contribution in [0, 0.1) is 6.92 Å². The van der Waals surface area contributed by atoms with Gasteiger partial charge in [0.05, 0.1) is 0 Å². The monoisotopic (exact) mass is 311 g/mol. The molecule has 2 aromatic rings. The SMILES string of the molecule is CCCCc1ccc(NC(=O)Oc2ccc(C)c(C=O)c2)cc1. The number of carbonyl (C=O) groups is 2. The zero-order valence-corrected chi connectivity index (χ0v) is 13.5. The molecule has 23 heavy (non-hydrogen) atoms. The van der Waals surface area contributed by atoms with Gasteiger partial charge >= 0.3 is 6.09 Å². The molecule has 0 radical (unpaired) electrons. The number of hydrogen-bond donors (Lipinski definition) is 1. The van der Waals surface area contributed by atoms with E-state index in [9.17, 15) is 9.59 Å². The van der Waals surface area contributed by atoms with Crippen molar-refractivity contribution >= 4 is 18.1 Å². The van der Waals surface area contributed by atoms with Crippen molar-refractivity contribution in [3.8, 4) is 5.75 Å². The van der Waals surface area contributed by atoms with Crippen molar-refractivity contribution in [2.24, 2.45) is 0 Å². The summed E-state index contributed by atoms with van der Waals surface area (Å²) < 4.78 is 5.20. The first-order valence-electron chi connectivity index (χ1n) is 7.76. The summed E-state index contributed by atoms with van der Waals surface area (Å²) in [5, 5.41) is 2.68. The van der Waals surface area contributed by atoms with Gasteiger partial charge in [-0.2, -0.15) is 0 Å². The second kappa shape index (κ2) is 8.13. The number of ether oxygens (including phenoxy) is 1. The van der Waals surface area contributed by atoms with Crippen LogP contribution in [0.1, 0.15) is 41.3 Å². The summed E-state index contributed by atoms with van der Waals surface area (Å²) in [6.07, 6.45) is 3.52. The maximum absolute atomic E-state index is 11.9. The molecule has 0 bridgehead atoms. The van der Waals surface area contributed by atoms with Crippen molar-refractivity contribution in [2.45, 2.75) is 33.1 Å². The number of amides is 1. The van der Waals surface area contributed by atoms with Gasteiger partial charge in [0.1, 0.15) is 12.0 Å². The van der Waals surface area contributed by atoms with Gasteiger partial charge in [-0.25, -0.2) is 4.79 Å². The van der Waals surface area contributed by atoms with Gasteiger partial charge in [-0.05, 0) is 55.2 Å². The molecule has 0 aliphatic heterocycles. The quantitative estimate of drug-likeness (QED) is 0.782. The average Bonchev–Trinajstić information content (AvgIpc) is 2.56. The summed E-state index contributed by atoms with van der Waals surface area (Å²) in [5.74, 6) is 0.342. The Hall–Kier alpha value is -2.62. The maximum atomic E-state index is 11.9. The predicted molar refractivity (Wildman–Crippen MR) is 91.3 cm³/mol. The lowest BCUT2D eigenvalue weighted by Gasteiger charge is -2.08. The smallest absolute Gasteiger partial charge is 0.410 e. The van der Waals surface area contributed by atoms with E-state index >= 15 is 0 Å². The van der Waals surface area contributed by atoms with Gasteiger partial charge < -0.3 is 4.74 Å². The Morgan fingerprint density at radius 3 is 2.57 bits per heavy atom. The highest BCUT2D eigenvalue weighted by Crippen LogP contribution is 2.17. The first-order chi connectivity index (χ1) is 11.1. The van der Waals surface area contributed by atoms with Crippen LogP contribution in [0.15, 0.2) is 42.5 Å². The lowest BCUT2D eigenvalue weighted by atomic mass is 10.1. The Labute approximate surface area is 136 Å². The van der Waals surface area contributed by atoms with E-state index in [0.29, 0.717) is 17.0 Å². The minimum absolute atomic E-state index is 0.342. The van der Waals surface area contributed by atoms with Crippen LogP contribution in [-0.2, 0) is 6.42 Å². The number of carbonyl (C=O) groups excluding carboxylic acids is 2. The Bertz CT molecular complexity index is 678. The third-order valence-corrected chi connectivity index (χ3v) is 3.61. The molecule has 0 heterocycles. The average molecular weight is 311 g/mol. The molecule has 0 aliphatic carbocycles. The zero-order chi connectivity index (χ0) is 16.7. The van der Waals surface area contributed by atoms with Crippen LogP contribution in [0.2, 0.25) is 0 Å². The van der Waals surface area contributed by atoms with E-state index in [-0.39, 0.29) is 0 Å². The Kier molecular flexibility index (Phi) is 5.92. The Morgan fingerprint density at radius 2 is 1.91 bits per heavy atom. The summed E-state index contributed by atoms with van der Waals surface area (Å²) in [7, 11) is 0. The van der Waals surface area contributed by atoms with E-state index in [0.717, 1.165) is 31.1 Å². The summed E-state index contributed by atoms with van der Waals surface area (Å²) in [6, 6.07) is 12.7. The van der Waals surface area contributed by atoms with Gasteiger partial charge in [0.2, 0.25) is 0 Å². The van der Waals surface area contributed by atoms with Crippen molar-refractivity contribution in [1.29, 1.82) is 0 Å². The first-order valence-corrected chi connectivity index (χ1v) is 7.76. The number of aldehydes is 1. The van der Waals surface area contributed by atoms with Crippen LogP contribution >= 0.6 is 0 Å². The molecule has 0 aromatic heterocycles. The molecule has 1 amide bonds. The zero-order valence-electron chi connectivity index (χ0n) is 13.5. The molecule has 2 rings (SSSR count). The van der Waals surface area contributed by atoms with Gasteiger partial charge in [-0.15, -0.1) is 0 Å². The van der Waals surface area contributed by atoms with Crippen LogP contribution in [0.3, 0.4) is 0 Å². The van der Waals surface area contributed by atoms with Gasteiger partial charge in [0, 0.05) is 11.3 Å². The van der Waals surface area contributed by atoms with Crippen molar-refractivity contribution in [2.75, 3.05) is 5.32 Å². The van der Waals surface area contributed by atoms with E-state index in [1.54, 1.807) is 18.2 Å². The van der Waals surface area contributed by atoms with Crippen molar-refractivity contribution in [3.05, 3.63) is 59.2 Å². The molecule has 2 aromatic carbocycles. The molecule has 0 saturated heterocycles. The van der Waals surface area contributed by atoms with E-state index in [1.165, 1.54) is 5.56 Å². The van der Waals surface area contributed by atoms with Crippen LogP contribution in [-0.4, -0.2) is 12.4 Å². The van der Waals surface area contributed by atoms with E-state index < -0.39 is 6.09 Å². The minimum Gasteiger partial charge on any atom is -0.410 e. The largest absolute Gasteiger partial charge is 0.417 e. The highest BCUT2D eigenvalue weighted by Gasteiger charge is 2.07. The summed E-state index contributed by atoms with van der Waals surface area (Å²) >= 11 is 0. The van der Waals surface area contributed by atoms with Crippen molar-refractivity contribution < 1.29 is 14.3 Å². The molecular weight excluding hydrogens is 290 g/mol. The normalized spacial score (nSPS) is 10.2. The molecule has 4 heteroatoms. The highest BCUT2D eigenvalue weighted by atomic mass is 16.6. The molecule has 0 aliphatic rings. The highest BCUT2D eigenvalue weighted by molar-refractivity contribution is 5.86. The number of rotatable bonds is 6. The lowest BCUT2D eigenvalue weighted by molar-refractivity contribution is 0.112. The summed E-state index contributed by atoms with van der Waals surface area (Å²) in [6.45, 7) is 3.99. The van der Waals surface area contributed by atoms with Crippen molar-refractivity contribution in [3.63, 3.8) is 0 Å². The first kappa shape index (κ1) is 16.7. The van der Waals surface area contributed by atoms with Crippen molar-refractivity contribution in [1.82, 2.24) is 0 Å². The Morgan fingerprint density at radius 1 is 1.17 bits per heavy atom. The van der Waals surface area contributed by atoms with Gasteiger partial charge in [-0.1, -0.05) is 31.5 Å². The predicted octanol–water partition coefficient (Wildman–Crippen LogP) is 4.76. The number of hydrogen-bond acceptors (Lipinski definition) is 3. The summed E-state index contributed by atoms with van der Waals surface area (Å²) in [4.78, 5) is 22.8. The fraction of sp³-hybridized carbons (Fsp3) is 0.263. The lowest BCUT2D eigenvalue weighted by Crippen LogP contribution is -2.16. The Balaban J connectivity index is 1.95. The number of unbranched alkanes of at least 4 members (excludes halogenated alkanes) is 1. The standard InChI is InChI=1S/C19H21NO3/c1-3-4-5-15-7-9-17(10-8-15)20-19(22)23-18-11-6-14(2)16(12-18)13-21/h6-13H,3-5H2,1-2H3,(H,20,22). The molecule has 0 fully saturated rings. The second-order valence-electron chi connectivity index (χ2n) is 5.45. The topological polar surface area (TPSA) is 55.4 Å². The molecule has 4 nitrogen and oxygen atoms in total. The third kappa shape index (κ3) is 4.95. The number of nitrogens with one attached hydrogen (secondary N) is 1. The van der Waals surface area contributed by atoms with Crippen LogP contribution in [0.25, 0.3) is 0 Å². The van der Waals surface area contributed by atoms with Crippen LogP contribution in [0.4, 0.5) is 10.5 Å². The van der Waals surface area contributed by atoms with E-state index in [2.05, 4.69) is 12.2 Å². The molecular formula is C19H21NO3. The van der Waals surface area contributed by atoms with E-state index in [1.807, 2.05) is 31.2 Å². The molecule has 0 atom stereocenters. The number of aryl methyl sites for hydroxylation is 2. The molecule has 0 saturated carbocycles. The summed E-state index contributed by atoms with van der Waals surface area (Å²) in [5.41, 5.74) is 3.28. The molecule has 0 spiro atoms. The number of anilines is 1. The molecule has 0 unspecified atom stereocenters. The van der Waals surface area contributed by atoms with E-state index in [4.69, 9.17) is 4.74 Å². The fourth-order valence-electron chi connectivity index (χ4n) is 2.20. The van der Waals surface area contributed by atoms with Gasteiger partial charge in [-0.3, -0.25) is 10.1 Å². The fourth-order valence-corrected chi connectivity index (χ4v) is 2.20. The van der Waals surface area contributed by atoms with Crippen LogP contribution < -0.4 is 10.1 Å². The minimum atomic E-state index is -0.577. The van der Waals surface area contributed by atoms with Gasteiger partial charge in [0.15, 0.2) is 0 Å².